The number of ether oxygens (including phenoxy) is 1. The molecule has 5 rings (SSSR count). The van der Waals surface area contributed by atoms with Gasteiger partial charge in [-0.2, -0.15) is 4.98 Å². The van der Waals surface area contributed by atoms with Crippen LogP contribution in [0.4, 0.5) is 10.7 Å². The minimum Gasteiger partial charge on any atom is -0.481 e. The van der Waals surface area contributed by atoms with Crippen molar-refractivity contribution in [3.05, 3.63) is 65.5 Å². The van der Waals surface area contributed by atoms with Crippen LogP contribution in [0.3, 0.4) is 0 Å². The molecular weight excluding hydrogens is 438 g/mol. The number of amides is 2. The van der Waals surface area contributed by atoms with Crippen molar-refractivity contribution in [3.63, 3.8) is 0 Å². The van der Waals surface area contributed by atoms with Crippen LogP contribution in [0.1, 0.15) is 34.6 Å². The van der Waals surface area contributed by atoms with Crippen molar-refractivity contribution in [2.24, 2.45) is 11.8 Å². The number of carbonyl (C=O) groups excluding carboxylic acids is 2. The maximum absolute atomic E-state index is 12.6. The number of hydrogen-bond donors (Lipinski definition) is 3. The number of likely N-dealkylation sites (tertiary alicyclic amines) is 1. The predicted octanol–water partition coefficient (Wildman–Crippen LogP) is 2.96. The normalized spacial score (nSPS) is 18.9. The van der Waals surface area contributed by atoms with Gasteiger partial charge in [-0.15, -0.1) is 5.10 Å². The molecule has 0 saturated carbocycles. The second-order valence-electron chi connectivity index (χ2n) is 8.59. The van der Waals surface area contributed by atoms with Crippen LogP contribution in [0.2, 0.25) is 0 Å². The molecule has 1 aliphatic heterocycles. The van der Waals surface area contributed by atoms with E-state index in [1.807, 2.05) is 36.4 Å². The highest BCUT2D eigenvalue weighted by atomic mass is 16.5. The Morgan fingerprint density at radius 3 is 2.35 bits per heavy atom. The van der Waals surface area contributed by atoms with Gasteiger partial charge in [-0.25, -0.2) is 4.79 Å². The molecule has 10 nitrogen and oxygen atoms in total. The molecule has 3 N–H and O–H groups in total. The number of rotatable bonds is 5. The summed E-state index contributed by atoms with van der Waals surface area (Å²) in [5.74, 6) is -2.44. The number of carbonyl (C=O) groups is 3. The Kier molecular flexibility index (Phi) is 5.48. The Morgan fingerprint density at radius 2 is 1.74 bits per heavy atom. The zero-order valence-electron chi connectivity index (χ0n) is 18.4. The summed E-state index contributed by atoms with van der Waals surface area (Å²) in [5.41, 5.74) is 4.46. The lowest BCUT2D eigenvalue weighted by molar-refractivity contribution is -0.142. The van der Waals surface area contributed by atoms with Gasteiger partial charge in [0.1, 0.15) is 6.61 Å². The number of carboxylic acid groups (broad SMARTS) is 1. The predicted molar refractivity (Wildman–Crippen MR) is 121 cm³/mol. The van der Waals surface area contributed by atoms with Crippen molar-refractivity contribution >= 4 is 23.9 Å². The molecule has 0 spiro atoms. The van der Waals surface area contributed by atoms with Crippen molar-refractivity contribution in [1.29, 1.82) is 0 Å². The molecule has 0 radical (unpaired) electrons. The first-order chi connectivity index (χ1) is 16.4. The van der Waals surface area contributed by atoms with Gasteiger partial charge in [0.25, 0.3) is 11.9 Å². The van der Waals surface area contributed by atoms with Gasteiger partial charge in [-0.1, -0.05) is 55.5 Å². The number of fused-ring (bicyclic) bond motifs is 3. The van der Waals surface area contributed by atoms with Crippen molar-refractivity contribution in [3.8, 4) is 11.1 Å². The van der Waals surface area contributed by atoms with Crippen LogP contribution in [0.25, 0.3) is 11.1 Å². The molecule has 1 saturated heterocycles. The second kappa shape index (κ2) is 8.62. The van der Waals surface area contributed by atoms with Gasteiger partial charge in [0.15, 0.2) is 0 Å². The van der Waals surface area contributed by atoms with E-state index < -0.39 is 23.9 Å². The van der Waals surface area contributed by atoms with Gasteiger partial charge < -0.3 is 14.7 Å². The first-order valence-corrected chi connectivity index (χ1v) is 11.0. The maximum Gasteiger partial charge on any atom is 0.414 e. The van der Waals surface area contributed by atoms with Crippen LogP contribution >= 0.6 is 0 Å². The fourth-order valence-electron chi connectivity index (χ4n) is 4.74. The first kappa shape index (κ1) is 21.6. The van der Waals surface area contributed by atoms with E-state index in [2.05, 4.69) is 32.6 Å². The van der Waals surface area contributed by atoms with Crippen molar-refractivity contribution in [2.75, 3.05) is 25.0 Å². The van der Waals surface area contributed by atoms with E-state index in [0.717, 1.165) is 22.3 Å². The monoisotopic (exact) mass is 461 g/mol. The molecular formula is C24H23N5O5. The highest BCUT2D eigenvalue weighted by Gasteiger charge is 2.38. The topological polar surface area (TPSA) is 138 Å². The molecule has 0 bridgehead atoms. The molecule has 1 aromatic heterocycles. The first-order valence-electron chi connectivity index (χ1n) is 11.0. The van der Waals surface area contributed by atoms with E-state index in [9.17, 15) is 19.5 Å². The number of anilines is 1. The number of hydrogen-bond acceptors (Lipinski definition) is 6. The standard InChI is InChI=1S/C24H23N5O5/c1-13-10-29(11-18(13)22(31)32)21(30)20-25-23(28-27-20)26-24(33)34-12-19-16-8-4-2-6-14(16)15-7-3-5-9-17(15)19/h2-9,13,18-19H,10-12H2,1H3,(H,31,32)(H2,25,26,27,28,33). The second-order valence-corrected chi connectivity index (χ2v) is 8.59. The third-order valence-electron chi connectivity index (χ3n) is 6.46. The summed E-state index contributed by atoms with van der Waals surface area (Å²) in [4.78, 5) is 41.8. The Balaban J connectivity index is 1.21. The molecule has 34 heavy (non-hydrogen) atoms. The summed E-state index contributed by atoms with van der Waals surface area (Å²) in [7, 11) is 0. The molecule has 1 aliphatic carbocycles. The summed E-state index contributed by atoms with van der Waals surface area (Å²) in [6.45, 7) is 2.34. The smallest absolute Gasteiger partial charge is 0.414 e. The van der Waals surface area contributed by atoms with Gasteiger partial charge in [-0.05, 0) is 28.2 Å². The van der Waals surface area contributed by atoms with Crippen molar-refractivity contribution < 1.29 is 24.2 Å². The summed E-state index contributed by atoms with van der Waals surface area (Å²) in [6.07, 6.45) is -0.736. The summed E-state index contributed by atoms with van der Waals surface area (Å²) in [6, 6.07) is 16.1. The molecule has 3 aromatic rings. The maximum atomic E-state index is 12.6. The number of nitrogens with zero attached hydrogens (tertiary/aromatic N) is 3. The summed E-state index contributed by atoms with van der Waals surface area (Å²) >= 11 is 0. The summed E-state index contributed by atoms with van der Waals surface area (Å²) in [5, 5.41) is 18.1. The number of nitrogens with one attached hydrogen (secondary N) is 2. The number of H-pyrrole nitrogens is 1. The van der Waals surface area contributed by atoms with Crippen LogP contribution in [0.15, 0.2) is 48.5 Å². The van der Waals surface area contributed by atoms with E-state index in [4.69, 9.17) is 4.74 Å². The zero-order chi connectivity index (χ0) is 23.8. The number of aromatic nitrogens is 3. The van der Waals surface area contributed by atoms with Gasteiger partial charge >= 0.3 is 12.1 Å². The zero-order valence-corrected chi connectivity index (χ0v) is 18.4. The molecule has 2 unspecified atom stereocenters. The lowest BCUT2D eigenvalue weighted by atomic mass is 9.98. The Bertz CT molecular complexity index is 1230. The minimum atomic E-state index is -0.932. The van der Waals surface area contributed by atoms with Gasteiger partial charge in [0, 0.05) is 19.0 Å². The molecule has 2 atom stereocenters. The molecule has 10 heteroatoms. The highest BCUT2D eigenvalue weighted by Crippen LogP contribution is 2.44. The van der Waals surface area contributed by atoms with Gasteiger partial charge in [0.05, 0.1) is 5.92 Å². The number of carboxylic acids is 1. The lowest BCUT2D eigenvalue weighted by Gasteiger charge is -2.14. The number of aromatic amines is 1. The quantitative estimate of drug-likeness (QED) is 0.531. The SMILES string of the molecule is CC1CN(C(=O)c2nc(NC(=O)OCC3c4ccccc4-c4ccccc43)n[nH]2)CC1C(=O)O. The van der Waals surface area contributed by atoms with E-state index in [0.29, 0.717) is 6.54 Å². The Morgan fingerprint density at radius 1 is 1.09 bits per heavy atom. The van der Waals surface area contributed by atoms with Crippen LogP contribution in [0, 0.1) is 11.8 Å². The van der Waals surface area contributed by atoms with Crippen LogP contribution in [-0.4, -0.2) is 62.9 Å². The van der Waals surface area contributed by atoms with E-state index in [-0.39, 0.29) is 36.8 Å². The van der Waals surface area contributed by atoms with Crippen LogP contribution < -0.4 is 5.32 Å². The fraction of sp³-hybridized carbons (Fsp3) is 0.292. The molecule has 2 aromatic carbocycles. The van der Waals surface area contributed by atoms with Gasteiger partial charge in [-0.3, -0.25) is 20.0 Å². The molecule has 174 valence electrons. The molecule has 2 amide bonds. The minimum absolute atomic E-state index is 0.0767. The van der Waals surface area contributed by atoms with Crippen LogP contribution in [-0.2, 0) is 9.53 Å². The molecule has 1 fully saturated rings. The number of benzene rings is 2. The average molecular weight is 461 g/mol. The van der Waals surface area contributed by atoms with E-state index >= 15 is 0 Å². The molecule has 2 aliphatic rings. The Labute approximate surface area is 195 Å². The fourth-order valence-corrected chi connectivity index (χ4v) is 4.74. The third kappa shape index (κ3) is 3.87. The van der Waals surface area contributed by atoms with E-state index in [1.165, 1.54) is 4.90 Å². The van der Waals surface area contributed by atoms with Crippen molar-refractivity contribution in [1.82, 2.24) is 20.1 Å². The van der Waals surface area contributed by atoms with Crippen LogP contribution in [0.5, 0.6) is 0 Å². The largest absolute Gasteiger partial charge is 0.481 e. The Hall–Kier alpha value is -4.21. The van der Waals surface area contributed by atoms with Crippen molar-refractivity contribution in [2.45, 2.75) is 12.8 Å². The highest BCUT2D eigenvalue weighted by molar-refractivity contribution is 5.92. The average Bonchev–Trinajstić information content (AvgIpc) is 3.53. The van der Waals surface area contributed by atoms with Gasteiger partial charge in [0.2, 0.25) is 5.82 Å². The molecule has 2 heterocycles. The third-order valence-corrected chi connectivity index (χ3v) is 6.46. The summed E-state index contributed by atoms with van der Waals surface area (Å²) < 4.78 is 5.46. The lowest BCUT2D eigenvalue weighted by Crippen LogP contribution is -2.30. The van der Waals surface area contributed by atoms with E-state index in [1.54, 1.807) is 6.92 Å². The number of aliphatic carboxylic acids is 1.